The average Bonchev–Trinajstić information content (AvgIpc) is 3.03. The summed E-state index contributed by atoms with van der Waals surface area (Å²) in [5.41, 5.74) is 1.49. The van der Waals surface area contributed by atoms with E-state index < -0.39 is 28.4 Å². The third-order valence-corrected chi connectivity index (χ3v) is 7.28. The van der Waals surface area contributed by atoms with E-state index in [0.29, 0.717) is 10.6 Å². The van der Waals surface area contributed by atoms with Gasteiger partial charge in [0.05, 0.1) is 29.6 Å². The first-order valence-electron chi connectivity index (χ1n) is 8.97. The van der Waals surface area contributed by atoms with Crippen LogP contribution in [0.4, 0.5) is 10.7 Å². The summed E-state index contributed by atoms with van der Waals surface area (Å²) in [6.07, 6.45) is 4.59. The van der Waals surface area contributed by atoms with Crippen LogP contribution in [0.3, 0.4) is 0 Å². The number of nitrogens with zero attached hydrogens (tertiary/aromatic N) is 1. The van der Waals surface area contributed by atoms with Crippen molar-refractivity contribution in [1.29, 1.82) is 0 Å². The minimum atomic E-state index is -3.76. The molecule has 10 heteroatoms. The maximum Gasteiger partial charge on any atom is 0.341 e. The highest BCUT2D eigenvalue weighted by Gasteiger charge is 2.28. The van der Waals surface area contributed by atoms with Crippen LogP contribution >= 0.6 is 22.9 Å². The van der Waals surface area contributed by atoms with Crippen molar-refractivity contribution >= 4 is 55.5 Å². The third kappa shape index (κ3) is 4.73. The van der Waals surface area contributed by atoms with Gasteiger partial charge in [-0.2, -0.15) is 0 Å². The molecule has 0 saturated heterocycles. The predicted molar refractivity (Wildman–Crippen MR) is 115 cm³/mol. The van der Waals surface area contributed by atoms with Crippen LogP contribution in [0.25, 0.3) is 0 Å². The summed E-state index contributed by atoms with van der Waals surface area (Å²) < 4.78 is 30.4. The molecule has 1 N–H and O–H groups in total. The molecule has 3 rings (SSSR count). The summed E-state index contributed by atoms with van der Waals surface area (Å²) in [6.45, 7) is -0.467. The Morgan fingerprint density at radius 1 is 1.24 bits per heavy atom. The normalized spacial score (nSPS) is 13.5. The lowest BCUT2D eigenvalue weighted by molar-refractivity contribution is -0.114. The summed E-state index contributed by atoms with van der Waals surface area (Å²) in [7, 11) is -2.47. The average molecular weight is 457 g/mol. The predicted octanol–water partition coefficient (Wildman–Crippen LogP) is 3.47. The van der Waals surface area contributed by atoms with Crippen LogP contribution in [0.15, 0.2) is 24.3 Å². The van der Waals surface area contributed by atoms with Crippen molar-refractivity contribution < 1.29 is 22.7 Å². The topological polar surface area (TPSA) is 92.8 Å². The summed E-state index contributed by atoms with van der Waals surface area (Å²) in [5.74, 6) is -1.08. The molecule has 1 heterocycles. The number of anilines is 2. The molecule has 1 aromatic carbocycles. The first kappa shape index (κ1) is 21.6. The number of para-hydroxylation sites is 1. The van der Waals surface area contributed by atoms with Gasteiger partial charge in [0.15, 0.2) is 0 Å². The smallest absolute Gasteiger partial charge is 0.341 e. The number of carbonyl (C=O) groups is 2. The Bertz CT molecular complexity index is 1050. The lowest BCUT2D eigenvalue weighted by Gasteiger charge is -2.22. The highest BCUT2D eigenvalue weighted by Crippen LogP contribution is 2.38. The highest BCUT2D eigenvalue weighted by molar-refractivity contribution is 7.92. The molecular weight excluding hydrogens is 436 g/mol. The molecule has 2 aromatic rings. The number of carbonyl (C=O) groups excluding carboxylic acids is 2. The molecule has 1 aliphatic carbocycles. The SMILES string of the molecule is COC(=O)c1c(NC(=O)CN(c2ccccc2Cl)S(C)(=O)=O)sc2c1CCCC2. The number of ether oxygens (including phenoxy) is 1. The van der Waals surface area contributed by atoms with Gasteiger partial charge >= 0.3 is 5.97 Å². The van der Waals surface area contributed by atoms with Crippen molar-refractivity contribution in [3.63, 3.8) is 0 Å². The first-order chi connectivity index (χ1) is 13.7. The Kier molecular flexibility index (Phi) is 6.50. The highest BCUT2D eigenvalue weighted by atomic mass is 35.5. The molecule has 0 bridgehead atoms. The molecule has 0 unspecified atom stereocenters. The first-order valence-corrected chi connectivity index (χ1v) is 12.0. The Balaban J connectivity index is 1.89. The Morgan fingerprint density at radius 2 is 1.93 bits per heavy atom. The van der Waals surface area contributed by atoms with Crippen molar-refractivity contribution in [1.82, 2.24) is 0 Å². The summed E-state index contributed by atoms with van der Waals surface area (Å²) in [4.78, 5) is 26.1. The van der Waals surface area contributed by atoms with E-state index in [4.69, 9.17) is 16.3 Å². The van der Waals surface area contributed by atoms with Gasteiger partial charge in [-0.1, -0.05) is 23.7 Å². The van der Waals surface area contributed by atoms with Crippen molar-refractivity contribution in [3.8, 4) is 0 Å². The Hall–Kier alpha value is -2.10. The molecule has 0 saturated carbocycles. The zero-order valence-electron chi connectivity index (χ0n) is 16.0. The zero-order chi connectivity index (χ0) is 21.2. The number of rotatable bonds is 6. The summed E-state index contributed by atoms with van der Waals surface area (Å²) in [6, 6.07) is 6.39. The van der Waals surface area contributed by atoms with Gasteiger partial charge in [0, 0.05) is 4.88 Å². The number of halogens is 1. The molecular formula is C19H21ClN2O5S2. The van der Waals surface area contributed by atoms with E-state index in [9.17, 15) is 18.0 Å². The molecule has 0 spiro atoms. The molecule has 1 amide bonds. The monoisotopic (exact) mass is 456 g/mol. The molecule has 0 fully saturated rings. The van der Waals surface area contributed by atoms with E-state index >= 15 is 0 Å². The number of hydrogen-bond acceptors (Lipinski definition) is 6. The van der Waals surface area contributed by atoms with Gasteiger partial charge in [-0.05, 0) is 43.4 Å². The van der Waals surface area contributed by atoms with Crippen LogP contribution in [-0.2, 0) is 32.4 Å². The fourth-order valence-corrected chi connectivity index (χ4v) is 5.75. The van der Waals surface area contributed by atoms with E-state index in [1.54, 1.807) is 18.2 Å². The van der Waals surface area contributed by atoms with Crippen LogP contribution in [0.2, 0.25) is 5.02 Å². The molecule has 0 radical (unpaired) electrons. The quantitative estimate of drug-likeness (QED) is 0.672. The van der Waals surface area contributed by atoms with Crippen LogP contribution in [0, 0.1) is 0 Å². The van der Waals surface area contributed by atoms with Crippen molar-refractivity contribution in [3.05, 3.63) is 45.3 Å². The fraction of sp³-hybridized carbons (Fsp3) is 0.368. The molecule has 7 nitrogen and oxygen atoms in total. The number of sulfonamides is 1. The van der Waals surface area contributed by atoms with Gasteiger partial charge in [0.25, 0.3) is 0 Å². The second-order valence-electron chi connectivity index (χ2n) is 6.68. The largest absolute Gasteiger partial charge is 0.465 e. The minimum Gasteiger partial charge on any atom is -0.465 e. The molecule has 156 valence electrons. The third-order valence-electron chi connectivity index (χ3n) is 4.62. The summed E-state index contributed by atoms with van der Waals surface area (Å²) in [5, 5.41) is 3.31. The van der Waals surface area contributed by atoms with Crippen LogP contribution in [0.1, 0.15) is 33.6 Å². The van der Waals surface area contributed by atoms with Crippen LogP contribution in [0.5, 0.6) is 0 Å². The lowest BCUT2D eigenvalue weighted by atomic mass is 9.95. The molecule has 1 aliphatic rings. The second-order valence-corrected chi connectivity index (χ2v) is 10.1. The molecule has 0 atom stereocenters. The lowest BCUT2D eigenvalue weighted by Crippen LogP contribution is -2.37. The Morgan fingerprint density at radius 3 is 2.59 bits per heavy atom. The molecule has 1 aromatic heterocycles. The van der Waals surface area contributed by atoms with E-state index in [2.05, 4.69) is 5.32 Å². The maximum absolute atomic E-state index is 12.7. The number of hydrogen-bond donors (Lipinski definition) is 1. The molecule has 29 heavy (non-hydrogen) atoms. The van der Waals surface area contributed by atoms with E-state index in [0.717, 1.165) is 46.7 Å². The number of thiophene rings is 1. The number of aryl methyl sites for hydroxylation is 1. The summed E-state index contributed by atoms with van der Waals surface area (Å²) >= 11 is 7.47. The standard InChI is InChI=1S/C19H21ClN2O5S2/c1-27-19(24)17-12-7-3-6-10-15(12)28-18(17)21-16(23)11-22(29(2,25)26)14-9-5-4-8-13(14)20/h4-5,8-9H,3,6-7,10-11H2,1-2H3,(H,21,23). The van der Waals surface area contributed by atoms with Crippen molar-refractivity contribution in [2.75, 3.05) is 29.5 Å². The Labute approximate surface area is 178 Å². The number of amides is 1. The van der Waals surface area contributed by atoms with Gasteiger partial charge in [0.1, 0.15) is 11.5 Å². The van der Waals surface area contributed by atoms with Gasteiger partial charge in [0.2, 0.25) is 15.9 Å². The zero-order valence-corrected chi connectivity index (χ0v) is 18.4. The number of methoxy groups -OCH3 is 1. The van der Waals surface area contributed by atoms with Crippen molar-refractivity contribution in [2.24, 2.45) is 0 Å². The second kappa shape index (κ2) is 8.73. The number of esters is 1. The van der Waals surface area contributed by atoms with Gasteiger partial charge in [-0.3, -0.25) is 9.10 Å². The minimum absolute atomic E-state index is 0.213. The number of fused-ring (bicyclic) bond motifs is 1. The van der Waals surface area contributed by atoms with Crippen LogP contribution < -0.4 is 9.62 Å². The van der Waals surface area contributed by atoms with Gasteiger partial charge < -0.3 is 10.1 Å². The van der Waals surface area contributed by atoms with E-state index in [1.807, 2.05) is 0 Å². The molecule has 0 aliphatic heterocycles. The fourth-order valence-electron chi connectivity index (χ4n) is 3.30. The number of benzene rings is 1. The van der Waals surface area contributed by atoms with Crippen LogP contribution in [-0.4, -0.2) is 40.2 Å². The number of nitrogens with one attached hydrogen (secondary N) is 1. The van der Waals surface area contributed by atoms with Crippen molar-refractivity contribution in [2.45, 2.75) is 25.7 Å². The maximum atomic E-state index is 12.7. The van der Waals surface area contributed by atoms with Gasteiger partial charge in [-0.15, -0.1) is 11.3 Å². The van der Waals surface area contributed by atoms with E-state index in [-0.39, 0.29) is 10.7 Å². The van der Waals surface area contributed by atoms with E-state index in [1.165, 1.54) is 24.5 Å². The van der Waals surface area contributed by atoms with Gasteiger partial charge in [-0.25, -0.2) is 13.2 Å².